The van der Waals surface area contributed by atoms with E-state index in [1.54, 1.807) is 12.1 Å². The molecule has 0 spiro atoms. The first-order valence-corrected chi connectivity index (χ1v) is 9.90. The second-order valence-corrected chi connectivity index (χ2v) is 7.44. The zero-order valence-electron chi connectivity index (χ0n) is 15.4. The molecule has 29 heavy (non-hydrogen) atoms. The minimum absolute atomic E-state index is 0.106. The van der Waals surface area contributed by atoms with Crippen molar-refractivity contribution in [2.75, 3.05) is 6.61 Å². The van der Waals surface area contributed by atoms with Gasteiger partial charge in [0.1, 0.15) is 24.0 Å². The van der Waals surface area contributed by atoms with Crippen molar-refractivity contribution in [3.63, 3.8) is 0 Å². The van der Waals surface area contributed by atoms with E-state index in [0.29, 0.717) is 28.0 Å². The van der Waals surface area contributed by atoms with Crippen molar-refractivity contribution in [2.24, 2.45) is 0 Å². The van der Waals surface area contributed by atoms with E-state index < -0.39 is 0 Å². The van der Waals surface area contributed by atoms with Crippen molar-refractivity contribution < 1.29 is 9.53 Å². The molecule has 4 rings (SSSR count). The molecule has 4 heteroatoms. The Balaban J connectivity index is 1.96. The number of rotatable bonds is 4. The molecule has 0 fully saturated rings. The summed E-state index contributed by atoms with van der Waals surface area (Å²) in [6.07, 6.45) is 0. The predicted octanol–water partition coefficient (Wildman–Crippen LogP) is 6.05. The van der Waals surface area contributed by atoms with Gasteiger partial charge in [0.2, 0.25) is 0 Å². The molecule has 0 aromatic heterocycles. The summed E-state index contributed by atoms with van der Waals surface area (Å²) in [6.45, 7) is 0.106. The van der Waals surface area contributed by atoms with Gasteiger partial charge in [-0.2, -0.15) is 5.26 Å². The van der Waals surface area contributed by atoms with Gasteiger partial charge < -0.3 is 4.74 Å². The van der Waals surface area contributed by atoms with Crippen LogP contribution < -0.4 is 0 Å². The highest BCUT2D eigenvalue weighted by molar-refractivity contribution is 9.10. The first kappa shape index (κ1) is 18.9. The summed E-state index contributed by atoms with van der Waals surface area (Å²) in [5, 5.41) is 10.0. The summed E-state index contributed by atoms with van der Waals surface area (Å²) in [7, 11) is 0. The van der Waals surface area contributed by atoms with E-state index in [2.05, 4.69) is 22.0 Å². The molecule has 0 radical (unpaired) electrons. The van der Waals surface area contributed by atoms with Gasteiger partial charge in [-0.15, -0.1) is 0 Å². The molecule has 3 aromatic carbocycles. The maximum atomic E-state index is 13.3. The Labute approximate surface area is 177 Å². The molecule has 1 heterocycles. The highest BCUT2D eigenvalue weighted by Gasteiger charge is 2.29. The number of allylic oxidation sites excluding steroid dienone is 2. The molecular formula is C25H16BrNO2. The summed E-state index contributed by atoms with van der Waals surface area (Å²) in [5.74, 6) is 0.360. The maximum Gasteiger partial charge on any atom is 0.193 e. The van der Waals surface area contributed by atoms with E-state index in [1.165, 1.54) is 0 Å². The Kier molecular flexibility index (Phi) is 5.41. The van der Waals surface area contributed by atoms with Crippen LogP contribution in [0.3, 0.4) is 0 Å². The Morgan fingerprint density at radius 1 is 0.862 bits per heavy atom. The van der Waals surface area contributed by atoms with Crippen molar-refractivity contribution in [1.29, 1.82) is 5.26 Å². The summed E-state index contributed by atoms with van der Waals surface area (Å²) >= 11 is 3.45. The molecule has 0 amide bonds. The third kappa shape index (κ3) is 3.78. The normalized spacial score (nSPS) is 13.7. The van der Waals surface area contributed by atoms with Crippen LogP contribution in [0.1, 0.15) is 21.5 Å². The zero-order chi connectivity index (χ0) is 20.2. The number of carbonyl (C=O) groups is 1. The van der Waals surface area contributed by atoms with Gasteiger partial charge in [-0.1, -0.05) is 88.7 Å². The minimum Gasteiger partial charge on any atom is -0.487 e. The van der Waals surface area contributed by atoms with Crippen LogP contribution in [0, 0.1) is 11.3 Å². The monoisotopic (exact) mass is 441 g/mol. The average molecular weight is 442 g/mol. The first-order valence-electron chi connectivity index (χ1n) is 9.11. The molecule has 0 N–H and O–H groups in total. The molecule has 1 aliphatic rings. The van der Waals surface area contributed by atoms with Gasteiger partial charge in [0.05, 0.1) is 0 Å². The van der Waals surface area contributed by atoms with Crippen LogP contribution in [0.25, 0.3) is 11.3 Å². The third-order valence-corrected chi connectivity index (χ3v) is 5.26. The van der Waals surface area contributed by atoms with E-state index in [1.807, 2.05) is 72.8 Å². The van der Waals surface area contributed by atoms with Gasteiger partial charge in [0, 0.05) is 26.7 Å². The first-order chi connectivity index (χ1) is 14.2. The number of ether oxygens (including phenoxy) is 1. The van der Waals surface area contributed by atoms with Crippen molar-refractivity contribution >= 4 is 33.0 Å². The fourth-order valence-corrected chi connectivity index (χ4v) is 3.62. The van der Waals surface area contributed by atoms with Gasteiger partial charge in [0.15, 0.2) is 5.78 Å². The minimum atomic E-state index is -0.136. The Morgan fingerprint density at radius 3 is 2.10 bits per heavy atom. The highest BCUT2D eigenvalue weighted by Crippen LogP contribution is 2.38. The fourth-order valence-electron chi connectivity index (χ4n) is 3.35. The number of hydrogen-bond acceptors (Lipinski definition) is 3. The van der Waals surface area contributed by atoms with Crippen LogP contribution >= 0.6 is 15.9 Å². The lowest BCUT2D eigenvalue weighted by Gasteiger charge is -2.24. The van der Waals surface area contributed by atoms with Gasteiger partial charge in [-0.25, -0.2) is 0 Å². The zero-order valence-corrected chi connectivity index (χ0v) is 17.0. The Bertz CT molecular complexity index is 1150. The summed E-state index contributed by atoms with van der Waals surface area (Å²) in [6, 6.07) is 28.5. The smallest absolute Gasteiger partial charge is 0.193 e. The number of nitrogens with zero attached hydrogens (tertiary/aromatic N) is 1. The molecule has 0 saturated carbocycles. The Hall–Kier alpha value is -3.42. The maximum absolute atomic E-state index is 13.3. The lowest BCUT2D eigenvalue weighted by molar-refractivity contribution is 0.101. The van der Waals surface area contributed by atoms with Crippen molar-refractivity contribution in [3.05, 3.63) is 117 Å². The van der Waals surface area contributed by atoms with Crippen LogP contribution in [0.4, 0.5) is 0 Å². The molecule has 140 valence electrons. The van der Waals surface area contributed by atoms with Crippen LogP contribution in [0.15, 0.2) is 101 Å². The van der Waals surface area contributed by atoms with E-state index in [-0.39, 0.29) is 12.4 Å². The molecule has 3 nitrogen and oxygen atoms in total. The van der Waals surface area contributed by atoms with Gasteiger partial charge in [-0.3, -0.25) is 4.79 Å². The molecule has 0 bridgehead atoms. The van der Waals surface area contributed by atoms with Crippen molar-refractivity contribution in [2.45, 2.75) is 0 Å². The summed E-state index contributed by atoms with van der Waals surface area (Å²) < 4.78 is 6.89. The third-order valence-electron chi connectivity index (χ3n) is 4.73. The second kappa shape index (κ2) is 8.30. The molecule has 1 aliphatic heterocycles. The topological polar surface area (TPSA) is 50.1 Å². The van der Waals surface area contributed by atoms with E-state index >= 15 is 0 Å². The number of carbonyl (C=O) groups excluding carboxylic acids is 1. The van der Waals surface area contributed by atoms with Crippen LogP contribution in [0.5, 0.6) is 0 Å². The molecule has 3 aromatic rings. The summed E-state index contributed by atoms with van der Waals surface area (Å²) in [4.78, 5) is 13.3. The standard InChI is InChI=1S/C25H16BrNO2/c26-20-13-11-17(12-14-20)23-21(15-27)25(19-9-5-2-6-10-19)29-16-22(23)24(28)18-7-3-1-4-8-18/h1-14H,16H2. The Morgan fingerprint density at radius 2 is 1.48 bits per heavy atom. The summed E-state index contributed by atoms with van der Waals surface area (Å²) in [5.41, 5.74) is 3.66. The van der Waals surface area contributed by atoms with Crippen molar-refractivity contribution in [3.8, 4) is 6.07 Å². The van der Waals surface area contributed by atoms with Crippen LogP contribution in [0.2, 0.25) is 0 Å². The van der Waals surface area contributed by atoms with E-state index in [4.69, 9.17) is 4.74 Å². The number of Topliss-reactive ketones (excluding diaryl/α,β-unsaturated/α-hetero) is 1. The number of benzene rings is 3. The molecule has 0 atom stereocenters. The van der Waals surface area contributed by atoms with Crippen molar-refractivity contribution in [1.82, 2.24) is 0 Å². The number of halogens is 1. The lowest BCUT2D eigenvalue weighted by Crippen LogP contribution is -2.18. The van der Waals surface area contributed by atoms with Crippen LogP contribution in [-0.2, 0) is 4.74 Å². The number of ketones is 1. The number of hydrogen-bond donors (Lipinski definition) is 0. The molecule has 0 aliphatic carbocycles. The molecular weight excluding hydrogens is 426 g/mol. The van der Waals surface area contributed by atoms with E-state index in [0.717, 1.165) is 15.6 Å². The predicted molar refractivity (Wildman–Crippen MR) is 117 cm³/mol. The van der Waals surface area contributed by atoms with Gasteiger partial charge in [0.25, 0.3) is 0 Å². The second-order valence-electron chi connectivity index (χ2n) is 6.53. The largest absolute Gasteiger partial charge is 0.487 e. The van der Waals surface area contributed by atoms with Gasteiger partial charge >= 0.3 is 0 Å². The SMILES string of the molecule is N#CC1=C(c2ccccc2)OCC(C(=O)c2ccccc2)=C1c1ccc(Br)cc1. The lowest BCUT2D eigenvalue weighted by atomic mass is 9.86. The quantitative estimate of drug-likeness (QED) is 0.462. The molecule has 0 saturated heterocycles. The van der Waals surface area contributed by atoms with Gasteiger partial charge in [-0.05, 0) is 17.7 Å². The fraction of sp³-hybridized carbons (Fsp3) is 0.0400. The van der Waals surface area contributed by atoms with Crippen LogP contribution in [-0.4, -0.2) is 12.4 Å². The number of nitriles is 1. The van der Waals surface area contributed by atoms with E-state index in [9.17, 15) is 10.1 Å². The molecule has 0 unspecified atom stereocenters. The average Bonchev–Trinajstić information content (AvgIpc) is 2.79. The highest BCUT2D eigenvalue weighted by atomic mass is 79.9.